The molecule has 1 N–H and O–H groups in total. The molecule has 0 radical (unpaired) electrons. The maximum absolute atomic E-state index is 12.7. The quantitative estimate of drug-likeness (QED) is 0.911. The van der Waals surface area contributed by atoms with Crippen LogP contribution in [0.4, 0.5) is 18.9 Å². The summed E-state index contributed by atoms with van der Waals surface area (Å²) in [6, 6.07) is 0.745. The Bertz CT molecular complexity index is 607. The molecule has 2 heterocycles. The van der Waals surface area contributed by atoms with Gasteiger partial charge in [-0.25, -0.2) is 0 Å². The summed E-state index contributed by atoms with van der Waals surface area (Å²) in [5.41, 5.74) is -1.40. The van der Waals surface area contributed by atoms with E-state index in [9.17, 15) is 18.0 Å². The molecule has 1 amide bonds. The molecule has 2 rings (SSSR count). The number of aryl methyl sites for hydroxylation is 1. The molecule has 0 spiro atoms. The molecule has 0 aromatic carbocycles. The van der Waals surface area contributed by atoms with Crippen LogP contribution in [-0.2, 0) is 6.18 Å². The monoisotopic (exact) mass is 271 g/mol. The molecule has 2 aromatic rings. The molecule has 0 saturated carbocycles. The van der Waals surface area contributed by atoms with Gasteiger partial charge in [0.25, 0.3) is 5.91 Å². The highest BCUT2D eigenvalue weighted by Gasteiger charge is 2.35. The number of nitrogens with zero attached hydrogens (tertiary/aromatic N) is 2. The lowest BCUT2D eigenvalue weighted by Gasteiger charge is -2.11. The van der Waals surface area contributed by atoms with Crippen molar-refractivity contribution in [1.29, 1.82) is 0 Å². The molecule has 0 saturated heterocycles. The van der Waals surface area contributed by atoms with Crippen LogP contribution in [0.2, 0.25) is 0 Å². The number of halogens is 3. The van der Waals surface area contributed by atoms with E-state index in [0.717, 1.165) is 18.5 Å². The van der Waals surface area contributed by atoms with E-state index in [1.54, 1.807) is 0 Å². The van der Waals surface area contributed by atoms with Crippen LogP contribution in [0.3, 0.4) is 0 Å². The average molecular weight is 271 g/mol. The van der Waals surface area contributed by atoms with Gasteiger partial charge >= 0.3 is 6.18 Å². The van der Waals surface area contributed by atoms with Gasteiger partial charge in [0.15, 0.2) is 5.76 Å². The van der Waals surface area contributed by atoms with Crippen LogP contribution in [0.15, 0.2) is 29.2 Å². The first-order valence-electron chi connectivity index (χ1n) is 5.13. The van der Waals surface area contributed by atoms with Crippen LogP contribution in [0.1, 0.15) is 21.7 Å². The molecule has 0 unspecified atom stereocenters. The number of alkyl halides is 3. The number of carbonyl (C=O) groups is 1. The molecule has 19 heavy (non-hydrogen) atoms. The van der Waals surface area contributed by atoms with Crippen molar-refractivity contribution in [1.82, 2.24) is 10.1 Å². The fourth-order valence-electron chi connectivity index (χ4n) is 1.43. The Morgan fingerprint density at radius 3 is 2.68 bits per heavy atom. The number of anilines is 1. The highest BCUT2D eigenvalue weighted by Crippen LogP contribution is 2.31. The second kappa shape index (κ2) is 4.71. The van der Waals surface area contributed by atoms with E-state index < -0.39 is 23.2 Å². The summed E-state index contributed by atoms with van der Waals surface area (Å²) in [6.07, 6.45) is -1.58. The number of amides is 1. The fourth-order valence-corrected chi connectivity index (χ4v) is 1.43. The zero-order chi connectivity index (χ0) is 14.0. The Kier molecular flexibility index (Phi) is 3.24. The van der Waals surface area contributed by atoms with Gasteiger partial charge in [-0.1, -0.05) is 5.16 Å². The lowest BCUT2D eigenvalue weighted by atomic mass is 10.1. The molecule has 0 aliphatic carbocycles. The maximum atomic E-state index is 12.7. The van der Waals surface area contributed by atoms with Gasteiger partial charge < -0.3 is 9.84 Å². The van der Waals surface area contributed by atoms with Gasteiger partial charge in [0.05, 0.1) is 17.3 Å². The van der Waals surface area contributed by atoms with Crippen molar-refractivity contribution in [3.8, 4) is 0 Å². The topological polar surface area (TPSA) is 68.0 Å². The molecular formula is C11H8F3N3O2. The SMILES string of the molecule is Cc1oncc1NC(=O)c1cnccc1C(F)(F)F. The predicted molar refractivity (Wildman–Crippen MR) is 58.4 cm³/mol. The summed E-state index contributed by atoms with van der Waals surface area (Å²) >= 11 is 0. The minimum absolute atomic E-state index is 0.210. The number of hydrogen-bond acceptors (Lipinski definition) is 4. The predicted octanol–water partition coefficient (Wildman–Crippen LogP) is 2.65. The molecule has 0 aliphatic rings. The van der Waals surface area contributed by atoms with E-state index in [4.69, 9.17) is 4.52 Å². The van der Waals surface area contributed by atoms with Crippen molar-refractivity contribution < 1.29 is 22.5 Å². The minimum Gasteiger partial charge on any atom is -0.359 e. The number of rotatable bonds is 2. The summed E-state index contributed by atoms with van der Waals surface area (Å²) in [6.45, 7) is 1.52. The van der Waals surface area contributed by atoms with Crippen molar-refractivity contribution in [3.63, 3.8) is 0 Å². The first-order valence-corrected chi connectivity index (χ1v) is 5.13. The van der Waals surface area contributed by atoms with Gasteiger partial charge in [-0.15, -0.1) is 0 Å². The van der Waals surface area contributed by atoms with Crippen LogP contribution in [0.25, 0.3) is 0 Å². The molecule has 5 nitrogen and oxygen atoms in total. The van der Waals surface area contributed by atoms with Gasteiger partial charge in [0.1, 0.15) is 5.69 Å². The van der Waals surface area contributed by atoms with Crippen molar-refractivity contribution in [3.05, 3.63) is 41.5 Å². The summed E-state index contributed by atoms with van der Waals surface area (Å²) in [5, 5.41) is 5.70. The van der Waals surface area contributed by atoms with E-state index in [2.05, 4.69) is 15.5 Å². The lowest BCUT2D eigenvalue weighted by molar-refractivity contribution is -0.137. The van der Waals surface area contributed by atoms with Crippen LogP contribution in [-0.4, -0.2) is 16.0 Å². The molecule has 0 fully saturated rings. The zero-order valence-electron chi connectivity index (χ0n) is 9.65. The number of carbonyl (C=O) groups excluding carboxylic acids is 1. The third-order valence-electron chi connectivity index (χ3n) is 2.37. The highest BCUT2D eigenvalue weighted by molar-refractivity contribution is 6.05. The standard InChI is InChI=1S/C11H8F3N3O2/c1-6-9(5-16-19-6)17-10(18)7-4-15-3-2-8(7)11(12,13)14/h2-5H,1H3,(H,17,18). The smallest absolute Gasteiger partial charge is 0.359 e. The summed E-state index contributed by atoms with van der Waals surface area (Å²) < 4.78 is 42.9. The summed E-state index contributed by atoms with van der Waals surface area (Å²) in [4.78, 5) is 15.3. The maximum Gasteiger partial charge on any atom is 0.417 e. The largest absolute Gasteiger partial charge is 0.417 e. The molecule has 8 heteroatoms. The third kappa shape index (κ3) is 2.72. The van der Waals surface area contributed by atoms with Gasteiger partial charge in [0, 0.05) is 12.4 Å². The van der Waals surface area contributed by atoms with E-state index in [0.29, 0.717) is 5.76 Å². The Labute approximate surface area is 105 Å². The van der Waals surface area contributed by atoms with E-state index in [-0.39, 0.29) is 5.69 Å². The first kappa shape index (κ1) is 13.1. The Morgan fingerprint density at radius 1 is 1.37 bits per heavy atom. The second-order valence-corrected chi connectivity index (χ2v) is 3.67. The van der Waals surface area contributed by atoms with Gasteiger partial charge in [0.2, 0.25) is 0 Å². The van der Waals surface area contributed by atoms with Crippen molar-refractivity contribution in [2.75, 3.05) is 5.32 Å². The number of pyridine rings is 1. The van der Waals surface area contributed by atoms with Gasteiger partial charge in [-0.2, -0.15) is 13.2 Å². The Morgan fingerprint density at radius 2 is 2.11 bits per heavy atom. The Balaban J connectivity index is 2.32. The van der Waals surface area contributed by atoms with Crippen LogP contribution in [0, 0.1) is 6.92 Å². The number of hydrogen-bond donors (Lipinski definition) is 1. The molecule has 2 aromatic heterocycles. The third-order valence-corrected chi connectivity index (χ3v) is 2.37. The Hall–Kier alpha value is -2.38. The molecule has 100 valence electrons. The van der Waals surface area contributed by atoms with Crippen molar-refractivity contribution >= 4 is 11.6 Å². The normalized spacial score (nSPS) is 11.4. The zero-order valence-corrected chi connectivity index (χ0v) is 9.65. The highest BCUT2D eigenvalue weighted by atomic mass is 19.4. The van der Waals surface area contributed by atoms with Crippen LogP contribution in [0.5, 0.6) is 0 Å². The van der Waals surface area contributed by atoms with E-state index in [1.807, 2.05) is 0 Å². The van der Waals surface area contributed by atoms with Gasteiger partial charge in [-0.3, -0.25) is 9.78 Å². The molecular weight excluding hydrogens is 263 g/mol. The number of nitrogens with one attached hydrogen (secondary N) is 1. The first-order chi connectivity index (χ1) is 8.89. The van der Waals surface area contributed by atoms with Gasteiger partial charge in [-0.05, 0) is 13.0 Å². The average Bonchev–Trinajstić information content (AvgIpc) is 2.74. The van der Waals surface area contributed by atoms with Crippen LogP contribution >= 0.6 is 0 Å². The van der Waals surface area contributed by atoms with E-state index in [1.165, 1.54) is 13.1 Å². The minimum atomic E-state index is -4.63. The molecule has 0 atom stereocenters. The lowest BCUT2D eigenvalue weighted by Crippen LogP contribution is -2.19. The summed E-state index contributed by atoms with van der Waals surface area (Å²) in [5.74, 6) is -0.627. The number of aromatic nitrogens is 2. The summed E-state index contributed by atoms with van der Waals surface area (Å²) in [7, 11) is 0. The second-order valence-electron chi connectivity index (χ2n) is 3.67. The van der Waals surface area contributed by atoms with Crippen molar-refractivity contribution in [2.45, 2.75) is 13.1 Å². The van der Waals surface area contributed by atoms with E-state index >= 15 is 0 Å². The molecule has 0 bridgehead atoms. The molecule has 0 aliphatic heterocycles. The fraction of sp³-hybridized carbons (Fsp3) is 0.182. The van der Waals surface area contributed by atoms with Crippen molar-refractivity contribution in [2.24, 2.45) is 0 Å². The van der Waals surface area contributed by atoms with Crippen LogP contribution < -0.4 is 5.32 Å².